The SMILES string of the molecule is Cc1cc2c(cc1C)[n+](C)cn2-c1ccccc1. The fraction of sp³-hybridized carbons (Fsp3) is 0.188. The number of nitrogens with zero attached hydrogens (tertiary/aromatic N) is 2. The fourth-order valence-corrected chi connectivity index (χ4v) is 2.35. The summed E-state index contributed by atoms with van der Waals surface area (Å²) in [6.45, 7) is 4.33. The largest absolute Gasteiger partial charge is 0.249 e. The molecule has 0 radical (unpaired) electrons. The number of rotatable bonds is 1. The lowest BCUT2D eigenvalue weighted by Gasteiger charge is -2.00. The van der Waals surface area contributed by atoms with Gasteiger partial charge in [-0.2, -0.15) is 4.57 Å². The summed E-state index contributed by atoms with van der Waals surface area (Å²) in [6.07, 6.45) is 2.14. The summed E-state index contributed by atoms with van der Waals surface area (Å²) in [4.78, 5) is 0. The molecule has 3 aromatic rings. The molecule has 0 saturated heterocycles. The lowest BCUT2D eigenvalue weighted by Crippen LogP contribution is -2.25. The normalized spacial score (nSPS) is 11.1. The van der Waals surface area contributed by atoms with Crippen LogP contribution in [0.25, 0.3) is 16.7 Å². The third kappa shape index (κ3) is 1.61. The van der Waals surface area contributed by atoms with Gasteiger partial charge in [0.05, 0.1) is 7.05 Å². The number of hydrogen-bond donors (Lipinski definition) is 0. The first-order valence-electron chi connectivity index (χ1n) is 6.20. The van der Waals surface area contributed by atoms with E-state index >= 15 is 0 Å². The maximum atomic E-state index is 2.26. The zero-order valence-corrected chi connectivity index (χ0v) is 11.0. The highest BCUT2D eigenvalue weighted by Crippen LogP contribution is 2.20. The molecule has 1 aromatic heterocycles. The van der Waals surface area contributed by atoms with Crippen LogP contribution in [0.3, 0.4) is 0 Å². The van der Waals surface area contributed by atoms with Crippen molar-refractivity contribution in [3.63, 3.8) is 0 Å². The van der Waals surface area contributed by atoms with Gasteiger partial charge in [0.1, 0.15) is 5.69 Å². The molecule has 0 bridgehead atoms. The zero-order chi connectivity index (χ0) is 12.7. The van der Waals surface area contributed by atoms with Crippen LogP contribution in [0.5, 0.6) is 0 Å². The number of imidazole rings is 1. The Kier molecular flexibility index (Phi) is 2.44. The van der Waals surface area contributed by atoms with Crippen LogP contribution in [-0.2, 0) is 7.05 Å². The maximum Gasteiger partial charge on any atom is 0.249 e. The van der Waals surface area contributed by atoms with E-state index in [0.29, 0.717) is 0 Å². The Balaban J connectivity index is 2.35. The first-order valence-corrected chi connectivity index (χ1v) is 6.20. The van der Waals surface area contributed by atoms with Crippen LogP contribution in [0.4, 0.5) is 0 Å². The predicted octanol–water partition coefficient (Wildman–Crippen LogP) is 3.07. The van der Waals surface area contributed by atoms with Gasteiger partial charge in [-0.3, -0.25) is 0 Å². The second-order valence-electron chi connectivity index (χ2n) is 4.86. The van der Waals surface area contributed by atoms with Crippen LogP contribution in [0, 0.1) is 13.8 Å². The van der Waals surface area contributed by atoms with E-state index in [9.17, 15) is 0 Å². The molecule has 0 aliphatic carbocycles. The van der Waals surface area contributed by atoms with Crippen molar-refractivity contribution in [2.75, 3.05) is 0 Å². The highest BCUT2D eigenvalue weighted by molar-refractivity contribution is 5.76. The molecular formula is C16H17N2+. The summed E-state index contributed by atoms with van der Waals surface area (Å²) in [6, 6.07) is 15.0. The molecule has 2 nitrogen and oxygen atoms in total. The standard InChI is InChI=1S/C16H17N2/c1-12-9-15-16(10-13(12)2)18(11-17(15)3)14-7-5-4-6-8-14/h4-11H,1-3H3/q+1. The highest BCUT2D eigenvalue weighted by Gasteiger charge is 2.15. The molecule has 0 fully saturated rings. The first-order chi connectivity index (χ1) is 8.66. The van der Waals surface area contributed by atoms with Crippen LogP contribution in [0.2, 0.25) is 0 Å². The molecular weight excluding hydrogens is 220 g/mol. The maximum absolute atomic E-state index is 2.26. The van der Waals surface area contributed by atoms with E-state index in [1.807, 2.05) is 6.07 Å². The summed E-state index contributed by atoms with van der Waals surface area (Å²) in [5, 5.41) is 0. The van der Waals surface area contributed by atoms with Gasteiger partial charge in [0, 0.05) is 0 Å². The van der Waals surface area contributed by atoms with E-state index < -0.39 is 0 Å². The Morgan fingerprint density at radius 1 is 0.944 bits per heavy atom. The van der Waals surface area contributed by atoms with Gasteiger partial charge < -0.3 is 0 Å². The second kappa shape index (κ2) is 3.98. The first kappa shape index (κ1) is 11.0. The van der Waals surface area contributed by atoms with Crippen molar-refractivity contribution >= 4 is 11.0 Å². The van der Waals surface area contributed by atoms with E-state index in [4.69, 9.17) is 0 Å². The quantitative estimate of drug-likeness (QED) is 0.575. The van der Waals surface area contributed by atoms with E-state index in [1.165, 1.54) is 27.8 Å². The van der Waals surface area contributed by atoms with Gasteiger partial charge in [0.2, 0.25) is 6.33 Å². The Hall–Kier alpha value is -2.09. The predicted molar refractivity (Wildman–Crippen MR) is 73.9 cm³/mol. The highest BCUT2D eigenvalue weighted by atomic mass is 15.1. The van der Waals surface area contributed by atoms with Gasteiger partial charge in [-0.1, -0.05) is 18.2 Å². The molecule has 0 atom stereocenters. The van der Waals surface area contributed by atoms with Crippen molar-refractivity contribution < 1.29 is 4.57 Å². The molecule has 0 amide bonds. The molecule has 2 heteroatoms. The number of aromatic nitrogens is 2. The monoisotopic (exact) mass is 237 g/mol. The Morgan fingerprint density at radius 2 is 1.61 bits per heavy atom. The van der Waals surface area contributed by atoms with Crippen LogP contribution in [-0.4, -0.2) is 4.57 Å². The van der Waals surface area contributed by atoms with E-state index in [2.05, 4.69) is 72.8 Å². The van der Waals surface area contributed by atoms with Crippen LogP contribution in [0.15, 0.2) is 48.8 Å². The topological polar surface area (TPSA) is 8.81 Å². The second-order valence-corrected chi connectivity index (χ2v) is 4.86. The van der Waals surface area contributed by atoms with E-state index in [-0.39, 0.29) is 0 Å². The third-order valence-corrected chi connectivity index (χ3v) is 3.55. The molecule has 0 unspecified atom stereocenters. The number of hydrogen-bond acceptors (Lipinski definition) is 0. The van der Waals surface area contributed by atoms with Crippen molar-refractivity contribution in [1.82, 2.24) is 4.57 Å². The fourth-order valence-electron chi connectivity index (χ4n) is 2.35. The smallest absolute Gasteiger partial charge is 0.232 e. The number of benzene rings is 2. The minimum atomic E-state index is 1.20. The van der Waals surface area contributed by atoms with Gasteiger partial charge in [-0.25, -0.2) is 4.57 Å². The van der Waals surface area contributed by atoms with Crippen LogP contribution >= 0.6 is 0 Å². The lowest BCUT2D eigenvalue weighted by atomic mass is 10.1. The van der Waals surface area contributed by atoms with Crippen LogP contribution < -0.4 is 4.57 Å². The Bertz CT molecular complexity index is 709. The third-order valence-electron chi connectivity index (χ3n) is 3.55. The van der Waals surface area contributed by atoms with Crippen LogP contribution in [0.1, 0.15) is 11.1 Å². The van der Waals surface area contributed by atoms with Gasteiger partial charge in [0.25, 0.3) is 0 Å². The molecule has 0 aliphatic heterocycles. The zero-order valence-electron chi connectivity index (χ0n) is 11.0. The number of aryl methyl sites for hydroxylation is 3. The number of para-hydroxylation sites is 1. The summed E-state index contributed by atoms with van der Waals surface area (Å²) in [7, 11) is 2.09. The minimum absolute atomic E-state index is 1.20. The van der Waals surface area contributed by atoms with Gasteiger partial charge >= 0.3 is 0 Å². The lowest BCUT2D eigenvalue weighted by molar-refractivity contribution is -0.645. The van der Waals surface area contributed by atoms with Gasteiger partial charge in [0.15, 0.2) is 11.0 Å². The molecule has 0 aliphatic rings. The molecule has 0 N–H and O–H groups in total. The van der Waals surface area contributed by atoms with Crippen molar-refractivity contribution in [3.8, 4) is 5.69 Å². The molecule has 1 heterocycles. The van der Waals surface area contributed by atoms with Gasteiger partial charge in [-0.15, -0.1) is 0 Å². The van der Waals surface area contributed by atoms with Gasteiger partial charge in [-0.05, 0) is 49.2 Å². The van der Waals surface area contributed by atoms with Crippen molar-refractivity contribution in [3.05, 3.63) is 59.9 Å². The molecule has 90 valence electrons. The molecule has 0 saturated carbocycles. The molecule has 3 rings (SSSR count). The molecule has 18 heavy (non-hydrogen) atoms. The van der Waals surface area contributed by atoms with Crippen molar-refractivity contribution in [2.45, 2.75) is 13.8 Å². The average molecular weight is 237 g/mol. The van der Waals surface area contributed by atoms with Crippen molar-refractivity contribution in [1.29, 1.82) is 0 Å². The van der Waals surface area contributed by atoms with Crippen molar-refractivity contribution in [2.24, 2.45) is 7.05 Å². The summed E-state index contributed by atoms with van der Waals surface area (Å²) in [5.74, 6) is 0. The Morgan fingerprint density at radius 3 is 2.33 bits per heavy atom. The number of fused-ring (bicyclic) bond motifs is 1. The summed E-state index contributed by atoms with van der Waals surface area (Å²) < 4.78 is 4.41. The van der Waals surface area contributed by atoms with E-state index in [1.54, 1.807) is 0 Å². The van der Waals surface area contributed by atoms with E-state index in [0.717, 1.165) is 0 Å². The molecule has 2 aromatic carbocycles. The average Bonchev–Trinajstić information content (AvgIpc) is 2.69. The summed E-state index contributed by atoms with van der Waals surface area (Å²) in [5.41, 5.74) is 6.39. The minimum Gasteiger partial charge on any atom is -0.232 e. The summed E-state index contributed by atoms with van der Waals surface area (Å²) >= 11 is 0. The molecule has 0 spiro atoms. The Labute approximate surface area is 107 Å².